The normalized spacial score (nSPS) is 11.7. The lowest BCUT2D eigenvalue weighted by Crippen LogP contribution is -2.16. The molecule has 0 aliphatic rings. The minimum Gasteiger partial charge on any atom is -0.496 e. The fraction of sp³-hybridized carbons (Fsp3) is 0.211. The van der Waals surface area contributed by atoms with Gasteiger partial charge in [0, 0.05) is 36.0 Å². The fourth-order valence-corrected chi connectivity index (χ4v) is 3.80. The fourth-order valence-electron chi connectivity index (χ4n) is 3.01. The van der Waals surface area contributed by atoms with Crippen LogP contribution in [0.5, 0.6) is 5.75 Å². The minimum absolute atomic E-state index is 0.123. The Morgan fingerprint density at radius 2 is 1.81 bits per heavy atom. The molecule has 0 unspecified atom stereocenters. The summed E-state index contributed by atoms with van der Waals surface area (Å²) in [5, 5.41) is 0.824. The topological polar surface area (TPSA) is 65.4 Å². The van der Waals surface area contributed by atoms with Gasteiger partial charge in [0.1, 0.15) is 11.6 Å². The number of halogens is 1. The van der Waals surface area contributed by atoms with Crippen molar-refractivity contribution in [2.75, 3.05) is 13.4 Å². The molecule has 3 rings (SSSR count). The molecule has 0 aliphatic heterocycles. The second-order valence-electron chi connectivity index (χ2n) is 6.25. The molecular weight excluding hydrogens is 357 g/mol. The van der Waals surface area contributed by atoms with Crippen molar-refractivity contribution in [2.45, 2.75) is 5.75 Å². The van der Waals surface area contributed by atoms with Crippen LogP contribution in [0.25, 0.3) is 21.9 Å². The highest BCUT2D eigenvalue weighted by atomic mass is 32.2. The number of aromatic nitrogens is 1. The van der Waals surface area contributed by atoms with E-state index in [-0.39, 0.29) is 11.3 Å². The maximum Gasteiger partial charge on any atom is 0.258 e. The first kappa shape index (κ1) is 18.1. The van der Waals surface area contributed by atoms with Crippen LogP contribution in [-0.4, -0.2) is 26.4 Å². The van der Waals surface area contributed by atoms with Gasteiger partial charge < -0.3 is 9.30 Å². The maximum absolute atomic E-state index is 13.8. The molecule has 136 valence electrons. The summed E-state index contributed by atoms with van der Waals surface area (Å²) in [4.78, 5) is 12.4. The number of benzene rings is 2. The molecule has 0 spiro atoms. The Kier molecular flexibility index (Phi) is 4.58. The van der Waals surface area contributed by atoms with E-state index in [4.69, 9.17) is 4.74 Å². The molecule has 0 amide bonds. The van der Waals surface area contributed by atoms with Crippen LogP contribution >= 0.6 is 0 Å². The lowest BCUT2D eigenvalue weighted by molar-refractivity contribution is 0.416. The molecule has 0 atom stereocenters. The van der Waals surface area contributed by atoms with Crippen molar-refractivity contribution >= 4 is 20.6 Å². The monoisotopic (exact) mass is 375 g/mol. The molecule has 0 saturated heterocycles. The van der Waals surface area contributed by atoms with Crippen LogP contribution in [0.15, 0.2) is 47.4 Å². The Labute approximate surface area is 150 Å². The van der Waals surface area contributed by atoms with Crippen LogP contribution in [0.1, 0.15) is 5.56 Å². The van der Waals surface area contributed by atoms with Gasteiger partial charge in [0.25, 0.3) is 5.56 Å². The first-order valence-electron chi connectivity index (χ1n) is 7.83. The van der Waals surface area contributed by atoms with Gasteiger partial charge in [0.2, 0.25) is 0 Å². The zero-order valence-corrected chi connectivity index (χ0v) is 15.4. The van der Waals surface area contributed by atoms with E-state index in [9.17, 15) is 17.6 Å². The number of rotatable bonds is 4. The van der Waals surface area contributed by atoms with Gasteiger partial charge in [-0.15, -0.1) is 0 Å². The van der Waals surface area contributed by atoms with Crippen LogP contribution < -0.4 is 10.3 Å². The molecule has 0 aliphatic carbocycles. The van der Waals surface area contributed by atoms with E-state index in [1.807, 2.05) is 0 Å². The van der Waals surface area contributed by atoms with Crippen LogP contribution in [0, 0.1) is 5.82 Å². The molecular formula is C19H18FNO4S. The molecule has 7 heteroatoms. The van der Waals surface area contributed by atoms with Crippen LogP contribution in [0.2, 0.25) is 0 Å². The Morgan fingerprint density at radius 3 is 2.46 bits per heavy atom. The van der Waals surface area contributed by atoms with Crippen molar-refractivity contribution < 1.29 is 17.5 Å². The van der Waals surface area contributed by atoms with E-state index >= 15 is 0 Å². The van der Waals surface area contributed by atoms with E-state index in [2.05, 4.69) is 0 Å². The van der Waals surface area contributed by atoms with Crippen molar-refractivity contribution in [2.24, 2.45) is 7.05 Å². The molecule has 26 heavy (non-hydrogen) atoms. The van der Waals surface area contributed by atoms with Gasteiger partial charge in [0.15, 0.2) is 9.84 Å². The molecule has 3 aromatic rings. The van der Waals surface area contributed by atoms with Crippen LogP contribution in [0.4, 0.5) is 4.39 Å². The standard InChI is InChI=1S/C19H18FNO4S/c1-21-10-17(15-9-13(20)5-6-14(15)19(21)22)16-8-12(11-26(3,23)24)4-7-18(16)25-2/h4-10H,11H2,1-3H3. The Balaban J connectivity index is 2.35. The van der Waals surface area contributed by atoms with E-state index in [1.54, 1.807) is 31.4 Å². The van der Waals surface area contributed by atoms with Crippen molar-refractivity contribution in [3.63, 3.8) is 0 Å². The quantitative estimate of drug-likeness (QED) is 0.703. The first-order chi connectivity index (χ1) is 12.2. The first-order valence-corrected chi connectivity index (χ1v) is 9.89. The highest BCUT2D eigenvalue weighted by Gasteiger charge is 2.15. The van der Waals surface area contributed by atoms with Gasteiger partial charge >= 0.3 is 0 Å². The zero-order valence-electron chi connectivity index (χ0n) is 14.6. The third-order valence-corrected chi connectivity index (χ3v) is 4.99. The number of aryl methyl sites for hydroxylation is 1. The van der Waals surface area contributed by atoms with Crippen LogP contribution in [0.3, 0.4) is 0 Å². The second kappa shape index (κ2) is 6.57. The summed E-state index contributed by atoms with van der Waals surface area (Å²) >= 11 is 0. The summed E-state index contributed by atoms with van der Waals surface area (Å²) in [7, 11) is -0.103. The average Bonchev–Trinajstić information content (AvgIpc) is 2.56. The molecule has 1 heterocycles. The van der Waals surface area contributed by atoms with E-state index in [0.29, 0.717) is 33.2 Å². The smallest absolute Gasteiger partial charge is 0.258 e. The number of nitrogens with zero attached hydrogens (tertiary/aromatic N) is 1. The van der Waals surface area contributed by atoms with Crippen molar-refractivity contribution in [3.8, 4) is 16.9 Å². The van der Waals surface area contributed by atoms with Gasteiger partial charge in [-0.05, 0) is 41.3 Å². The lowest BCUT2D eigenvalue weighted by atomic mass is 9.98. The van der Waals surface area contributed by atoms with Crippen molar-refractivity contribution in [1.29, 1.82) is 0 Å². The summed E-state index contributed by atoms with van der Waals surface area (Å²) in [5.41, 5.74) is 1.53. The maximum atomic E-state index is 13.8. The summed E-state index contributed by atoms with van der Waals surface area (Å²) < 4.78 is 43.9. The largest absolute Gasteiger partial charge is 0.496 e. The number of sulfone groups is 1. The van der Waals surface area contributed by atoms with Gasteiger partial charge in [-0.2, -0.15) is 0 Å². The highest BCUT2D eigenvalue weighted by molar-refractivity contribution is 7.89. The lowest BCUT2D eigenvalue weighted by Gasteiger charge is -2.14. The predicted molar refractivity (Wildman–Crippen MR) is 99.7 cm³/mol. The number of hydrogen-bond acceptors (Lipinski definition) is 4. The summed E-state index contributed by atoms with van der Waals surface area (Å²) in [6.45, 7) is 0. The average molecular weight is 375 g/mol. The van der Waals surface area contributed by atoms with Crippen molar-refractivity contribution in [3.05, 3.63) is 64.3 Å². The SMILES string of the molecule is COc1ccc(CS(C)(=O)=O)cc1-c1cn(C)c(=O)c2ccc(F)cc12. The van der Waals surface area contributed by atoms with Gasteiger partial charge in [0.05, 0.1) is 12.9 Å². The minimum atomic E-state index is -3.22. The van der Waals surface area contributed by atoms with E-state index < -0.39 is 15.7 Å². The third-order valence-electron chi connectivity index (χ3n) is 4.13. The molecule has 0 saturated carbocycles. The van der Waals surface area contributed by atoms with Gasteiger partial charge in [-0.1, -0.05) is 6.07 Å². The van der Waals surface area contributed by atoms with E-state index in [1.165, 1.54) is 29.9 Å². The highest BCUT2D eigenvalue weighted by Crippen LogP contribution is 2.35. The number of fused-ring (bicyclic) bond motifs is 1. The third kappa shape index (κ3) is 3.48. The van der Waals surface area contributed by atoms with Crippen LogP contribution in [-0.2, 0) is 22.6 Å². The Hall–Kier alpha value is -2.67. The molecule has 0 bridgehead atoms. The number of pyridine rings is 1. The summed E-state index contributed by atoms with van der Waals surface area (Å²) in [6, 6.07) is 9.03. The number of methoxy groups -OCH3 is 1. The molecule has 0 fully saturated rings. The second-order valence-corrected chi connectivity index (χ2v) is 8.39. The molecule has 2 aromatic carbocycles. The molecule has 0 N–H and O–H groups in total. The molecule has 5 nitrogen and oxygen atoms in total. The van der Waals surface area contributed by atoms with Gasteiger partial charge in [-0.3, -0.25) is 4.79 Å². The molecule has 0 radical (unpaired) electrons. The zero-order chi connectivity index (χ0) is 19.1. The summed E-state index contributed by atoms with van der Waals surface area (Å²) in [5.74, 6) is -0.0769. The Bertz CT molecular complexity index is 1170. The van der Waals surface area contributed by atoms with E-state index in [0.717, 1.165) is 6.26 Å². The molecule has 1 aromatic heterocycles. The Morgan fingerprint density at radius 1 is 1.08 bits per heavy atom. The van der Waals surface area contributed by atoms with Gasteiger partial charge in [-0.25, -0.2) is 12.8 Å². The number of ether oxygens (including phenoxy) is 1. The van der Waals surface area contributed by atoms with Crippen molar-refractivity contribution in [1.82, 2.24) is 4.57 Å². The number of hydrogen-bond donors (Lipinski definition) is 0. The summed E-state index contributed by atoms with van der Waals surface area (Å²) in [6.07, 6.45) is 2.76. The predicted octanol–water partition coefficient (Wildman–Crippen LogP) is 2.90.